The summed E-state index contributed by atoms with van der Waals surface area (Å²) in [7, 11) is 0. The molecule has 4 heteroatoms. The van der Waals surface area contributed by atoms with Crippen LogP contribution in [-0.4, -0.2) is 24.2 Å². The quantitative estimate of drug-likeness (QED) is 0.304. The molecule has 4 aromatic rings. The molecule has 4 aromatic carbocycles. The van der Waals surface area contributed by atoms with E-state index in [1.165, 1.54) is 57.4 Å². The topological polar surface area (TPSA) is 43.8 Å². The molecule has 1 atom stereocenters. The van der Waals surface area contributed by atoms with Crippen LogP contribution in [0.25, 0.3) is 10.8 Å². The van der Waals surface area contributed by atoms with Gasteiger partial charge in [-0.05, 0) is 89.9 Å². The number of fused-ring (bicyclic) bond motifs is 3. The minimum atomic E-state index is -0.730. The molecule has 1 fully saturated rings. The Hall–Kier alpha value is -3.79. The minimum Gasteiger partial charge on any atom is -0.481 e. The summed E-state index contributed by atoms with van der Waals surface area (Å²) in [6.45, 7) is 2.32. The minimum absolute atomic E-state index is 0.212. The summed E-state index contributed by atoms with van der Waals surface area (Å²) in [4.78, 5) is 15.9. The van der Waals surface area contributed by atoms with Crippen molar-refractivity contribution in [3.05, 3.63) is 102 Å². The first-order valence-electron chi connectivity index (χ1n) is 13.1. The summed E-state index contributed by atoms with van der Waals surface area (Å²) in [5.74, 6) is -0.730. The van der Waals surface area contributed by atoms with Crippen LogP contribution in [-0.2, 0) is 17.6 Å². The second-order valence-electron chi connectivity index (χ2n) is 10.1. The number of carboxylic acids is 1. The molecule has 2 heterocycles. The third kappa shape index (κ3) is 4.32. The summed E-state index contributed by atoms with van der Waals surface area (Å²) in [5, 5.41) is 11.6. The standard InChI is InChI=1S/C32H32N2O2/c35-32(36)9-5-6-23-10-15-27(16-11-23)34-30-19-14-24-7-1-2-8-28(24)29(30)22-31(34)25-12-17-26(18-13-25)33-20-3-4-21-33/h1-2,7-8,10-19,31H,3-6,9,20-22H2,(H,35,36). The van der Waals surface area contributed by atoms with Gasteiger partial charge in [0.25, 0.3) is 0 Å². The van der Waals surface area contributed by atoms with E-state index in [1.54, 1.807) is 0 Å². The number of hydrogen-bond acceptors (Lipinski definition) is 3. The second kappa shape index (κ2) is 9.69. The molecule has 182 valence electrons. The summed E-state index contributed by atoms with van der Waals surface area (Å²) >= 11 is 0. The van der Waals surface area contributed by atoms with Crippen LogP contribution in [0, 0.1) is 0 Å². The zero-order valence-electron chi connectivity index (χ0n) is 20.6. The van der Waals surface area contributed by atoms with Crippen LogP contribution in [0.3, 0.4) is 0 Å². The smallest absolute Gasteiger partial charge is 0.303 e. The van der Waals surface area contributed by atoms with Crippen molar-refractivity contribution in [2.75, 3.05) is 22.9 Å². The lowest BCUT2D eigenvalue weighted by Crippen LogP contribution is -2.20. The van der Waals surface area contributed by atoms with E-state index >= 15 is 0 Å². The maximum absolute atomic E-state index is 10.9. The fourth-order valence-corrected chi connectivity index (χ4v) is 5.95. The van der Waals surface area contributed by atoms with Gasteiger partial charge in [-0.3, -0.25) is 4.79 Å². The predicted octanol–water partition coefficient (Wildman–Crippen LogP) is 7.28. The lowest BCUT2D eigenvalue weighted by molar-refractivity contribution is -0.137. The van der Waals surface area contributed by atoms with Gasteiger partial charge in [0.1, 0.15) is 0 Å². The van der Waals surface area contributed by atoms with Gasteiger partial charge in [-0.15, -0.1) is 0 Å². The summed E-state index contributed by atoms with van der Waals surface area (Å²) in [6, 6.07) is 31.4. The van der Waals surface area contributed by atoms with Crippen LogP contribution < -0.4 is 9.80 Å². The first-order chi connectivity index (χ1) is 17.7. The maximum atomic E-state index is 10.9. The van der Waals surface area contributed by atoms with Crippen LogP contribution in [0.1, 0.15) is 48.4 Å². The number of anilines is 3. The Labute approximate surface area is 212 Å². The molecule has 0 amide bonds. The molecule has 0 saturated carbocycles. The van der Waals surface area contributed by atoms with E-state index in [0.29, 0.717) is 6.42 Å². The van der Waals surface area contributed by atoms with Gasteiger partial charge >= 0.3 is 5.97 Å². The van der Waals surface area contributed by atoms with Crippen molar-refractivity contribution in [3.8, 4) is 0 Å². The fourth-order valence-electron chi connectivity index (χ4n) is 5.95. The molecule has 0 aromatic heterocycles. The van der Waals surface area contributed by atoms with Gasteiger partial charge in [0.15, 0.2) is 0 Å². The summed E-state index contributed by atoms with van der Waals surface area (Å²) in [5.41, 5.74) is 7.72. The van der Waals surface area contributed by atoms with Crippen LogP contribution >= 0.6 is 0 Å². The highest BCUT2D eigenvalue weighted by molar-refractivity contribution is 5.93. The van der Waals surface area contributed by atoms with Crippen LogP contribution in [0.2, 0.25) is 0 Å². The first kappa shape index (κ1) is 22.7. The molecule has 0 aliphatic carbocycles. The highest BCUT2D eigenvalue weighted by Gasteiger charge is 2.33. The number of benzene rings is 4. The zero-order valence-corrected chi connectivity index (χ0v) is 20.6. The zero-order chi connectivity index (χ0) is 24.5. The van der Waals surface area contributed by atoms with Gasteiger partial charge in [-0.2, -0.15) is 0 Å². The molecule has 4 nitrogen and oxygen atoms in total. The highest BCUT2D eigenvalue weighted by Crippen LogP contribution is 2.48. The summed E-state index contributed by atoms with van der Waals surface area (Å²) in [6.07, 6.45) is 5.21. The van der Waals surface area contributed by atoms with Gasteiger partial charge in [0, 0.05) is 36.6 Å². The second-order valence-corrected chi connectivity index (χ2v) is 10.1. The van der Waals surface area contributed by atoms with Crippen LogP contribution in [0.4, 0.5) is 17.1 Å². The predicted molar refractivity (Wildman–Crippen MR) is 147 cm³/mol. The van der Waals surface area contributed by atoms with Crippen molar-refractivity contribution < 1.29 is 9.90 Å². The van der Waals surface area contributed by atoms with Crippen LogP contribution in [0.5, 0.6) is 0 Å². The van der Waals surface area contributed by atoms with E-state index in [1.807, 2.05) is 0 Å². The Bertz CT molecular complexity index is 1370. The number of carboxylic acid groups (broad SMARTS) is 1. The molecule has 0 bridgehead atoms. The molecular formula is C32H32N2O2. The number of rotatable bonds is 7. The highest BCUT2D eigenvalue weighted by atomic mass is 16.4. The maximum Gasteiger partial charge on any atom is 0.303 e. The Balaban J connectivity index is 1.35. The number of aliphatic carboxylic acids is 1. The van der Waals surface area contributed by atoms with Gasteiger partial charge in [-0.1, -0.05) is 54.6 Å². The summed E-state index contributed by atoms with van der Waals surface area (Å²) < 4.78 is 0. The monoisotopic (exact) mass is 476 g/mol. The van der Waals surface area contributed by atoms with E-state index in [2.05, 4.69) is 94.7 Å². The normalized spacial score (nSPS) is 17.1. The largest absolute Gasteiger partial charge is 0.481 e. The van der Waals surface area contributed by atoms with E-state index in [9.17, 15) is 4.79 Å². The van der Waals surface area contributed by atoms with E-state index in [0.717, 1.165) is 25.9 Å². The number of hydrogen-bond donors (Lipinski definition) is 1. The molecule has 2 aliphatic heterocycles. The Morgan fingerprint density at radius 3 is 2.31 bits per heavy atom. The van der Waals surface area contributed by atoms with Crippen molar-refractivity contribution in [2.24, 2.45) is 0 Å². The van der Waals surface area contributed by atoms with Crippen molar-refractivity contribution in [2.45, 2.75) is 44.6 Å². The molecule has 1 N–H and O–H groups in total. The first-order valence-corrected chi connectivity index (χ1v) is 13.1. The fraction of sp³-hybridized carbons (Fsp3) is 0.281. The third-order valence-electron chi connectivity index (χ3n) is 7.80. The molecule has 2 aliphatic rings. The van der Waals surface area contributed by atoms with E-state index in [-0.39, 0.29) is 12.5 Å². The van der Waals surface area contributed by atoms with Gasteiger partial charge in [-0.25, -0.2) is 0 Å². The average molecular weight is 477 g/mol. The number of carbonyl (C=O) groups is 1. The third-order valence-corrected chi connectivity index (χ3v) is 7.80. The van der Waals surface area contributed by atoms with Crippen molar-refractivity contribution in [1.82, 2.24) is 0 Å². The van der Waals surface area contributed by atoms with Crippen LogP contribution in [0.15, 0.2) is 84.9 Å². The van der Waals surface area contributed by atoms with Gasteiger partial charge in [0.2, 0.25) is 0 Å². The Morgan fingerprint density at radius 2 is 1.56 bits per heavy atom. The molecule has 0 spiro atoms. The van der Waals surface area contributed by atoms with Crippen molar-refractivity contribution in [3.63, 3.8) is 0 Å². The van der Waals surface area contributed by atoms with E-state index in [4.69, 9.17) is 5.11 Å². The molecule has 1 unspecified atom stereocenters. The van der Waals surface area contributed by atoms with Gasteiger partial charge in [0.05, 0.1) is 6.04 Å². The number of aryl methyl sites for hydroxylation is 1. The molecule has 0 radical (unpaired) electrons. The Kier molecular flexibility index (Phi) is 6.10. The lowest BCUT2D eigenvalue weighted by atomic mass is 9.98. The van der Waals surface area contributed by atoms with Crippen molar-refractivity contribution in [1.29, 1.82) is 0 Å². The van der Waals surface area contributed by atoms with E-state index < -0.39 is 5.97 Å². The van der Waals surface area contributed by atoms with Gasteiger partial charge < -0.3 is 14.9 Å². The average Bonchev–Trinajstić information content (AvgIpc) is 3.58. The lowest BCUT2D eigenvalue weighted by Gasteiger charge is -2.29. The molecule has 6 rings (SSSR count). The number of nitrogens with zero attached hydrogens (tertiary/aromatic N) is 2. The van der Waals surface area contributed by atoms with Crippen molar-refractivity contribution >= 4 is 33.8 Å². The molecule has 36 heavy (non-hydrogen) atoms. The molecular weight excluding hydrogens is 444 g/mol. The Morgan fingerprint density at radius 1 is 0.833 bits per heavy atom. The molecule has 1 saturated heterocycles. The SMILES string of the molecule is O=C(O)CCCc1ccc(N2c3ccc4ccccc4c3CC2c2ccc(N3CCCC3)cc2)cc1.